The Morgan fingerprint density at radius 1 is 1.29 bits per heavy atom. The van der Waals surface area contributed by atoms with Gasteiger partial charge in [0.2, 0.25) is 0 Å². The maximum Gasteiger partial charge on any atom is 0.124 e. The normalized spacial score (nSPS) is 11.8. The molecule has 0 aliphatic carbocycles. The summed E-state index contributed by atoms with van der Waals surface area (Å²) < 4.78 is 13.0. The van der Waals surface area contributed by atoms with Gasteiger partial charge in [-0.3, -0.25) is 0 Å². The van der Waals surface area contributed by atoms with Crippen LogP contribution in [0.4, 0.5) is 4.39 Å². The third-order valence-corrected chi connectivity index (χ3v) is 5.66. The molecule has 17 heavy (non-hydrogen) atoms. The molecule has 0 saturated heterocycles. The zero-order valence-corrected chi connectivity index (χ0v) is 13.7. The summed E-state index contributed by atoms with van der Waals surface area (Å²) in [4.78, 5) is 0. The highest BCUT2D eigenvalue weighted by Gasteiger charge is 2.28. The van der Waals surface area contributed by atoms with E-state index in [2.05, 4.69) is 38.8 Å². The molecule has 1 aromatic rings. The van der Waals surface area contributed by atoms with Crippen molar-refractivity contribution in [2.45, 2.75) is 26.2 Å². The predicted molar refractivity (Wildman–Crippen MR) is 80.0 cm³/mol. The number of halogens is 4. The minimum Gasteiger partial charge on any atom is -0.207 e. The predicted octanol–water partition coefficient (Wildman–Crippen LogP) is 5.60. The summed E-state index contributed by atoms with van der Waals surface area (Å²) in [6.07, 6.45) is 3.09. The molecule has 96 valence electrons. The molecular formula is C13H16Br2ClF. The molecule has 0 atom stereocenters. The number of hydrogen-bond donors (Lipinski definition) is 0. The molecule has 0 saturated carbocycles. The molecule has 0 radical (unpaired) electrons. The van der Waals surface area contributed by atoms with Gasteiger partial charge in [0.25, 0.3) is 0 Å². The molecule has 0 aliphatic rings. The van der Waals surface area contributed by atoms with Gasteiger partial charge in [0.15, 0.2) is 0 Å². The first-order valence-electron chi connectivity index (χ1n) is 5.63. The number of hydrogen-bond acceptors (Lipinski definition) is 0. The van der Waals surface area contributed by atoms with Crippen LogP contribution in [-0.2, 0) is 6.42 Å². The van der Waals surface area contributed by atoms with Crippen molar-refractivity contribution in [2.75, 3.05) is 10.7 Å². The highest BCUT2D eigenvalue weighted by atomic mass is 79.9. The standard InChI is InChI=1S/C13H16Br2ClF/c1-2-5-13(8-14,9-15)7-10-3-4-11(17)6-12(10)16/h3-4,6H,2,5,7-9H2,1H3. The molecule has 0 fully saturated rings. The van der Waals surface area contributed by atoms with Crippen molar-refractivity contribution in [3.63, 3.8) is 0 Å². The summed E-state index contributed by atoms with van der Waals surface area (Å²) in [6, 6.07) is 4.64. The first kappa shape index (κ1) is 15.5. The topological polar surface area (TPSA) is 0 Å². The summed E-state index contributed by atoms with van der Waals surface area (Å²) in [6.45, 7) is 2.17. The average Bonchev–Trinajstić information content (AvgIpc) is 2.32. The second-order valence-electron chi connectivity index (χ2n) is 4.43. The molecule has 0 heterocycles. The molecule has 0 amide bonds. The Kier molecular flexibility index (Phi) is 6.46. The summed E-state index contributed by atoms with van der Waals surface area (Å²) in [7, 11) is 0. The van der Waals surface area contributed by atoms with E-state index >= 15 is 0 Å². The Bertz CT molecular complexity index is 364. The maximum atomic E-state index is 13.0. The van der Waals surface area contributed by atoms with Gasteiger partial charge < -0.3 is 0 Å². The second-order valence-corrected chi connectivity index (χ2v) is 5.96. The fraction of sp³-hybridized carbons (Fsp3) is 0.538. The Hall–Kier alpha value is 0.400. The van der Waals surface area contributed by atoms with E-state index in [1.165, 1.54) is 12.1 Å². The van der Waals surface area contributed by atoms with Crippen LogP contribution in [0.5, 0.6) is 0 Å². The molecular weight excluding hydrogens is 370 g/mol. The minimum absolute atomic E-state index is 0.149. The van der Waals surface area contributed by atoms with Crippen molar-refractivity contribution in [3.8, 4) is 0 Å². The van der Waals surface area contributed by atoms with Crippen LogP contribution < -0.4 is 0 Å². The zero-order valence-electron chi connectivity index (χ0n) is 9.78. The fourth-order valence-electron chi connectivity index (χ4n) is 1.95. The number of benzene rings is 1. The molecule has 1 aromatic carbocycles. The van der Waals surface area contributed by atoms with E-state index in [0.29, 0.717) is 5.02 Å². The van der Waals surface area contributed by atoms with Crippen LogP contribution >= 0.6 is 43.5 Å². The van der Waals surface area contributed by atoms with Crippen molar-refractivity contribution in [1.29, 1.82) is 0 Å². The highest BCUT2D eigenvalue weighted by molar-refractivity contribution is 9.09. The lowest BCUT2D eigenvalue weighted by Gasteiger charge is -2.30. The van der Waals surface area contributed by atoms with Crippen LogP contribution in [0.25, 0.3) is 0 Å². The smallest absolute Gasteiger partial charge is 0.124 e. The van der Waals surface area contributed by atoms with E-state index < -0.39 is 0 Å². The number of alkyl halides is 2. The van der Waals surface area contributed by atoms with Crippen LogP contribution in [0, 0.1) is 11.2 Å². The van der Waals surface area contributed by atoms with Crippen LogP contribution in [0.3, 0.4) is 0 Å². The van der Waals surface area contributed by atoms with Crippen LogP contribution in [-0.4, -0.2) is 10.7 Å². The van der Waals surface area contributed by atoms with Gasteiger partial charge in [0.05, 0.1) is 0 Å². The van der Waals surface area contributed by atoms with E-state index in [1.54, 1.807) is 6.07 Å². The van der Waals surface area contributed by atoms with Gasteiger partial charge >= 0.3 is 0 Å². The fourth-order valence-corrected chi connectivity index (χ4v) is 4.07. The van der Waals surface area contributed by atoms with Crippen molar-refractivity contribution in [3.05, 3.63) is 34.6 Å². The number of rotatable bonds is 6. The van der Waals surface area contributed by atoms with E-state index in [-0.39, 0.29) is 11.2 Å². The Balaban J connectivity index is 2.92. The highest BCUT2D eigenvalue weighted by Crippen LogP contribution is 2.35. The first-order chi connectivity index (χ1) is 8.06. The van der Waals surface area contributed by atoms with E-state index in [1.807, 2.05) is 0 Å². The molecule has 0 bridgehead atoms. The molecule has 1 rings (SSSR count). The lowest BCUT2D eigenvalue weighted by atomic mass is 9.81. The van der Waals surface area contributed by atoms with E-state index in [4.69, 9.17) is 11.6 Å². The summed E-state index contributed by atoms with van der Waals surface area (Å²) >= 11 is 13.2. The SMILES string of the molecule is CCCC(CBr)(CBr)Cc1ccc(F)cc1Cl. The van der Waals surface area contributed by atoms with E-state index in [9.17, 15) is 4.39 Å². The van der Waals surface area contributed by atoms with Gasteiger partial charge in [-0.15, -0.1) is 0 Å². The molecule has 0 spiro atoms. The van der Waals surface area contributed by atoms with Gasteiger partial charge in [-0.1, -0.05) is 62.9 Å². The molecule has 0 aliphatic heterocycles. The monoisotopic (exact) mass is 384 g/mol. The molecule has 0 unspecified atom stereocenters. The summed E-state index contributed by atoms with van der Waals surface area (Å²) in [5.41, 5.74) is 1.16. The van der Waals surface area contributed by atoms with Gasteiger partial charge in [0.1, 0.15) is 5.82 Å². The third kappa shape index (κ3) is 4.22. The molecule has 4 heteroatoms. The van der Waals surface area contributed by atoms with Crippen LogP contribution in [0.15, 0.2) is 18.2 Å². The van der Waals surface area contributed by atoms with Gasteiger partial charge in [0, 0.05) is 15.7 Å². The average molecular weight is 387 g/mol. The largest absolute Gasteiger partial charge is 0.207 e. The van der Waals surface area contributed by atoms with Crippen molar-refractivity contribution < 1.29 is 4.39 Å². The first-order valence-corrected chi connectivity index (χ1v) is 8.25. The molecule has 0 nitrogen and oxygen atoms in total. The molecule has 0 N–H and O–H groups in total. The molecule has 0 aromatic heterocycles. The van der Waals surface area contributed by atoms with Crippen molar-refractivity contribution in [2.24, 2.45) is 5.41 Å². The quantitative estimate of drug-likeness (QED) is 0.559. The van der Waals surface area contributed by atoms with E-state index in [0.717, 1.165) is 35.5 Å². The summed E-state index contributed by atoms with van der Waals surface area (Å²) in [5.74, 6) is -0.280. The Morgan fingerprint density at radius 2 is 1.94 bits per heavy atom. The van der Waals surface area contributed by atoms with Gasteiger partial charge in [-0.25, -0.2) is 4.39 Å². The lowest BCUT2D eigenvalue weighted by Crippen LogP contribution is -2.27. The zero-order chi connectivity index (χ0) is 12.9. The lowest BCUT2D eigenvalue weighted by molar-refractivity contribution is 0.352. The van der Waals surface area contributed by atoms with Gasteiger partial charge in [-0.2, -0.15) is 0 Å². The summed E-state index contributed by atoms with van der Waals surface area (Å²) in [5, 5.41) is 2.34. The minimum atomic E-state index is -0.280. The van der Waals surface area contributed by atoms with Crippen molar-refractivity contribution >= 4 is 43.5 Å². The maximum absolute atomic E-state index is 13.0. The van der Waals surface area contributed by atoms with Crippen molar-refractivity contribution in [1.82, 2.24) is 0 Å². The van der Waals surface area contributed by atoms with Gasteiger partial charge in [-0.05, 0) is 36.0 Å². The second kappa shape index (κ2) is 7.10. The van der Waals surface area contributed by atoms with Crippen LogP contribution in [0.1, 0.15) is 25.3 Å². The van der Waals surface area contributed by atoms with Crippen LogP contribution in [0.2, 0.25) is 5.02 Å². The third-order valence-electron chi connectivity index (χ3n) is 2.93. The Labute approximate surface area is 124 Å². The Morgan fingerprint density at radius 3 is 2.41 bits per heavy atom.